The third-order valence-corrected chi connectivity index (χ3v) is 5.31. The molecule has 1 aliphatic rings. The number of anilines is 1. The zero-order valence-electron chi connectivity index (χ0n) is 13.8. The first-order valence-corrected chi connectivity index (χ1v) is 8.62. The number of hydrogen-bond donors (Lipinski definition) is 1. The van der Waals surface area contributed by atoms with E-state index in [2.05, 4.69) is 22.5 Å². The van der Waals surface area contributed by atoms with Crippen molar-refractivity contribution in [2.24, 2.45) is 5.41 Å². The minimum Gasteiger partial charge on any atom is -0.375 e. The van der Waals surface area contributed by atoms with E-state index in [4.69, 9.17) is 0 Å². The van der Waals surface area contributed by atoms with Gasteiger partial charge in [0, 0.05) is 15.5 Å². The third-order valence-electron chi connectivity index (χ3n) is 4.82. The summed E-state index contributed by atoms with van der Waals surface area (Å²) in [6.07, 6.45) is 1.64. The first-order chi connectivity index (χ1) is 11.3. The molecule has 1 aliphatic heterocycles. The van der Waals surface area contributed by atoms with E-state index < -0.39 is 11.0 Å². The van der Waals surface area contributed by atoms with Crippen LogP contribution in [0.1, 0.15) is 25.0 Å². The van der Waals surface area contributed by atoms with E-state index >= 15 is 0 Å². The van der Waals surface area contributed by atoms with Crippen molar-refractivity contribution in [1.82, 2.24) is 0 Å². The van der Waals surface area contributed by atoms with Gasteiger partial charge in [-0.15, -0.1) is 6.58 Å². The molecule has 0 radical (unpaired) electrons. The van der Waals surface area contributed by atoms with Crippen LogP contribution >= 0.6 is 15.9 Å². The standard InChI is InChI=1S/C20H20BrNO2/c1-4-19(2,3)20(24)16-11-10-15(21)12-17(16)22(18(20)23)13-14-8-6-5-7-9-14/h4-12,24H,1,13H2,2-3H3/t20-/m1/s1. The van der Waals surface area contributed by atoms with Gasteiger partial charge in [-0.1, -0.05) is 72.3 Å². The van der Waals surface area contributed by atoms with Crippen LogP contribution in [0.3, 0.4) is 0 Å². The quantitative estimate of drug-likeness (QED) is 0.792. The fourth-order valence-electron chi connectivity index (χ4n) is 3.15. The zero-order valence-corrected chi connectivity index (χ0v) is 15.4. The molecule has 24 heavy (non-hydrogen) atoms. The average molecular weight is 386 g/mol. The van der Waals surface area contributed by atoms with Crippen molar-refractivity contribution in [3.8, 4) is 0 Å². The Balaban J connectivity index is 2.15. The van der Waals surface area contributed by atoms with Crippen molar-refractivity contribution in [3.63, 3.8) is 0 Å². The van der Waals surface area contributed by atoms with Crippen LogP contribution in [0.25, 0.3) is 0 Å². The maximum absolute atomic E-state index is 13.2. The van der Waals surface area contributed by atoms with Crippen LogP contribution in [-0.2, 0) is 16.9 Å². The average Bonchev–Trinajstić information content (AvgIpc) is 2.78. The predicted octanol–water partition coefficient (Wildman–Crippen LogP) is 4.40. The number of fused-ring (bicyclic) bond motifs is 1. The number of hydrogen-bond acceptors (Lipinski definition) is 2. The smallest absolute Gasteiger partial charge is 0.264 e. The van der Waals surface area contributed by atoms with Gasteiger partial charge in [0.2, 0.25) is 0 Å². The molecule has 4 heteroatoms. The van der Waals surface area contributed by atoms with E-state index in [-0.39, 0.29) is 5.91 Å². The van der Waals surface area contributed by atoms with E-state index in [9.17, 15) is 9.90 Å². The van der Waals surface area contributed by atoms with Gasteiger partial charge in [-0.3, -0.25) is 4.79 Å². The minimum atomic E-state index is -1.63. The van der Waals surface area contributed by atoms with Crippen molar-refractivity contribution in [2.45, 2.75) is 26.0 Å². The predicted molar refractivity (Wildman–Crippen MR) is 99.6 cm³/mol. The Kier molecular flexibility index (Phi) is 4.14. The third kappa shape index (κ3) is 2.41. The Bertz CT molecular complexity index is 801. The second kappa shape index (κ2) is 5.87. The fraction of sp³-hybridized carbons (Fsp3) is 0.250. The lowest BCUT2D eigenvalue weighted by molar-refractivity contribution is -0.146. The van der Waals surface area contributed by atoms with Crippen LogP contribution in [0.4, 0.5) is 5.69 Å². The topological polar surface area (TPSA) is 40.5 Å². The van der Waals surface area contributed by atoms with Crippen LogP contribution < -0.4 is 4.90 Å². The van der Waals surface area contributed by atoms with Crippen LogP contribution in [0.5, 0.6) is 0 Å². The molecular weight excluding hydrogens is 366 g/mol. The molecule has 0 spiro atoms. The molecule has 0 saturated heterocycles. The molecule has 3 nitrogen and oxygen atoms in total. The lowest BCUT2D eigenvalue weighted by Gasteiger charge is -2.36. The number of halogens is 1. The van der Waals surface area contributed by atoms with Crippen LogP contribution in [0.2, 0.25) is 0 Å². The van der Waals surface area contributed by atoms with Gasteiger partial charge >= 0.3 is 0 Å². The normalized spacial score (nSPS) is 20.2. The number of aliphatic hydroxyl groups is 1. The monoisotopic (exact) mass is 385 g/mol. The van der Waals surface area contributed by atoms with Gasteiger partial charge in [-0.25, -0.2) is 0 Å². The van der Waals surface area contributed by atoms with E-state index in [0.717, 1.165) is 15.7 Å². The maximum atomic E-state index is 13.2. The summed E-state index contributed by atoms with van der Waals surface area (Å²) in [5, 5.41) is 11.4. The van der Waals surface area contributed by atoms with Gasteiger partial charge in [0.25, 0.3) is 5.91 Å². The highest BCUT2D eigenvalue weighted by Gasteiger charge is 2.57. The second-order valence-corrected chi connectivity index (χ2v) is 7.59. The molecule has 0 saturated carbocycles. The number of carbonyl (C=O) groups excluding carboxylic acids is 1. The lowest BCUT2D eigenvalue weighted by atomic mass is 9.71. The van der Waals surface area contributed by atoms with Crippen molar-refractivity contribution >= 4 is 27.5 Å². The van der Waals surface area contributed by atoms with E-state index in [1.807, 2.05) is 62.4 Å². The van der Waals surface area contributed by atoms with Gasteiger partial charge < -0.3 is 10.0 Å². The molecule has 2 aromatic carbocycles. The van der Waals surface area contributed by atoms with Gasteiger partial charge in [0.1, 0.15) is 0 Å². The Morgan fingerprint density at radius 1 is 1.25 bits per heavy atom. The molecule has 0 aliphatic carbocycles. The summed E-state index contributed by atoms with van der Waals surface area (Å²) in [6.45, 7) is 7.89. The summed E-state index contributed by atoms with van der Waals surface area (Å²) in [7, 11) is 0. The summed E-state index contributed by atoms with van der Waals surface area (Å²) in [5.74, 6) is -0.315. The summed E-state index contributed by atoms with van der Waals surface area (Å²) in [6, 6.07) is 15.3. The summed E-state index contributed by atoms with van der Waals surface area (Å²) >= 11 is 3.46. The molecule has 1 heterocycles. The number of amides is 1. The van der Waals surface area contributed by atoms with Crippen molar-refractivity contribution in [1.29, 1.82) is 0 Å². The highest BCUT2D eigenvalue weighted by atomic mass is 79.9. The van der Waals surface area contributed by atoms with Crippen molar-refractivity contribution < 1.29 is 9.90 Å². The molecule has 1 N–H and O–H groups in total. The highest BCUT2D eigenvalue weighted by Crippen LogP contribution is 2.51. The fourth-order valence-corrected chi connectivity index (χ4v) is 3.50. The Morgan fingerprint density at radius 3 is 2.54 bits per heavy atom. The number of nitrogens with zero attached hydrogens (tertiary/aromatic N) is 1. The molecule has 0 unspecified atom stereocenters. The van der Waals surface area contributed by atoms with E-state index in [1.165, 1.54) is 0 Å². The molecule has 0 aromatic heterocycles. The molecule has 1 atom stereocenters. The SMILES string of the molecule is C=CC(C)(C)[C@]1(O)C(=O)N(Cc2ccccc2)c2cc(Br)ccc21. The first kappa shape index (κ1) is 16.9. The molecule has 3 rings (SSSR count). The van der Waals surface area contributed by atoms with Gasteiger partial charge in [0.05, 0.1) is 12.2 Å². The van der Waals surface area contributed by atoms with Crippen LogP contribution in [-0.4, -0.2) is 11.0 Å². The zero-order chi connectivity index (χ0) is 17.5. The minimum absolute atomic E-state index is 0.315. The molecule has 0 fully saturated rings. The molecule has 124 valence electrons. The summed E-state index contributed by atoms with van der Waals surface area (Å²) in [5.41, 5.74) is -0.0536. The van der Waals surface area contributed by atoms with E-state index in [0.29, 0.717) is 12.1 Å². The van der Waals surface area contributed by atoms with Gasteiger partial charge in [-0.2, -0.15) is 0 Å². The Morgan fingerprint density at radius 2 is 1.92 bits per heavy atom. The highest BCUT2D eigenvalue weighted by molar-refractivity contribution is 9.10. The van der Waals surface area contributed by atoms with Crippen LogP contribution in [0.15, 0.2) is 65.7 Å². The van der Waals surface area contributed by atoms with Gasteiger partial charge in [-0.05, 0) is 17.7 Å². The summed E-state index contributed by atoms with van der Waals surface area (Å²) in [4.78, 5) is 14.9. The first-order valence-electron chi connectivity index (χ1n) is 7.83. The Hall–Kier alpha value is -1.91. The van der Waals surface area contributed by atoms with E-state index in [1.54, 1.807) is 11.0 Å². The lowest BCUT2D eigenvalue weighted by Crippen LogP contribution is -2.49. The second-order valence-electron chi connectivity index (χ2n) is 6.67. The molecule has 1 amide bonds. The van der Waals surface area contributed by atoms with Crippen LogP contribution in [0, 0.1) is 5.41 Å². The number of rotatable bonds is 4. The van der Waals surface area contributed by atoms with Crippen molar-refractivity contribution in [2.75, 3.05) is 4.90 Å². The molecule has 0 bridgehead atoms. The van der Waals surface area contributed by atoms with Gasteiger partial charge in [0.15, 0.2) is 5.60 Å². The maximum Gasteiger partial charge on any atom is 0.264 e. The molecular formula is C20H20BrNO2. The number of carbonyl (C=O) groups is 1. The largest absolute Gasteiger partial charge is 0.375 e. The number of benzene rings is 2. The van der Waals surface area contributed by atoms with Crippen molar-refractivity contribution in [3.05, 3.63) is 76.8 Å². The molecule has 2 aromatic rings. The summed E-state index contributed by atoms with van der Waals surface area (Å²) < 4.78 is 0.868. The Labute approximate surface area is 150 Å².